The van der Waals surface area contributed by atoms with Crippen molar-refractivity contribution in [2.24, 2.45) is 0 Å². The van der Waals surface area contributed by atoms with Gasteiger partial charge in [0.2, 0.25) is 0 Å². The number of para-hydroxylation sites is 1. The predicted octanol–water partition coefficient (Wildman–Crippen LogP) is 8.36. The molecule has 2 aliphatic heterocycles. The molecule has 0 aliphatic carbocycles. The maximum Gasteiger partial charge on any atom is 0.339 e. The van der Waals surface area contributed by atoms with Crippen LogP contribution in [-0.4, -0.2) is 50.9 Å². The van der Waals surface area contributed by atoms with E-state index in [1.165, 1.54) is 6.07 Å². The SMILES string of the molecule is O=C(O)c1ccc2c3nc4nc(nc5[nH]c(nc6nc(nc([nH]3)c2c1Oc1ccccc1)-c1ccccc1-6)c1ccccc51)-c1ccccc1-4. The Morgan fingerprint density at radius 1 is 0.480 bits per heavy atom. The van der Waals surface area contributed by atoms with Crippen molar-refractivity contribution in [3.63, 3.8) is 0 Å². The Kier molecular flexibility index (Phi) is 5.91. The summed E-state index contributed by atoms with van der Waals surface area (Å²) >= 11 is 0. The molecule has 8 aromatic rings. The number of fused-ring (bicyclic) bond motifs is 20. The highest BCUT2D eigenvalue weighted by Crippen LogP contribution is 2.40. The smallest absolute Gasteiger partial charge is 0.339 e. The Morgan fingerprint density at radius 3 is 1.44 bits per heavy atom. The van der Waals surface area contributed by atoms with Crippen molar-refractivity contribution in [2.45, 2.75) is 0 Å². The van der Waals surface area contributed by atoms with Gasteiger partial charge in [0.1, 0.15) is 33.9 Å². The molecular weight excluding hydrogens is 628 g/mol. The van der Waals surface area contributed by atoms with Crippen LogP contribution >= 0.6 is 0 Å². The summed E-state index contributed by atoms with van der Waals surface area (Å²) in [7, 11) is 0. The van der Waals surface area contributed by atoms with Crippen LogP contribution in [0.2, 0.25) is 0 Å². The van der Waals surface area contributed by atoms with E-state index in [1.807, 2.05) is 91.0 Å². The third-order valence-corrected chi connectivity index (χ3v) is 8.87. The summed E-state index contributed by atoms with van der Waals surface area (Å²) in [5, 5.41) is 13.1. The van der Waals surface area contributed by atoms with E-state index in [1.54, 1.807) is 18.2 Å². The summed E-state index contributed by atoms with van der Waals surface area (Å²) in [6, 6.07) is 35.7. The molecule has 0 unspecified atom stereocenters. The molecule has 10 rings (SSSR count). The van der Waals surface area contributed by atoms with Crippen LogP contribution in [-0.2, 0) is 0 Å². The lowest BCUT2D eigenvalue weighted by molar-refractivity contribution is 0.0694. The van der Waals surface area contributed by atoms with Gasteiger partial charge in [-0.2, -0.15) is 0 Å². The molecule has 11 heteroatoms. The number of nitrogens with zero attached hydrogens (tertiary/aromatic N) is 6. The first-order valence-corrected chi connectivity index (χ1v) is 15.8. The van der Waals surface area contributed by atoms with Crippen LogP contribution in [0, 0.1) is 0 Å². The Bertz CT molecular complexity index is 2890. The normalized spacial score (nSPS) is 11.8. The highest BCUT2D eigenvalue weighted by atomic mass is 16.5. The number of aromatic nitrogens is 8. The van der Waals surface area contributed by atoms with Crippen LogP contribution in [0.1, 0.15) is 10.4 Å². The van der Waals surface area contributed by atoms with Gasteiger partial charge >= 0.3 is 5.97 Å². The molecule has 0 saturated heterocycles. The van der Waals surface area contributed by atoms with Crippen molar-refractivity contribution >= 4 is 50.1 Å². The van der Waals surface area contributed by atoms with Gasteiger partial charge in [-0.1, -0.05) is 91.0 Å². The van der Waals surface area contributed by atoms with E-state index in [9.17, 15) is 9.90 Å². The molecule has 8 bridgehead atoms. The zero-order valence-corrected chi connectivity index (χ0v) is 25.9. The zero-order chi connectivity index (χ0) is 33.3. The van der Waals surface area contributed by atoms with Crippen LogP contribution in [0.3, 0.4) is 0 Å². The quantitative estimate of drug-likeness (QED) is 0.171. The first-order chi connectivity index (χ1) is 24.6. The summed E-state index contributed by atoms with van der Waals surface area (Å²) in [6.45, 7) is 0. The highest BCUT2D eigenvalue weighted by molar-refractivity contribution is 6.12. The molecule has 0 saturated carbocycles. The van der Waals surface area contributed by atoms with E-state index >= 15 is 0 Å². The van der Waals surface area contributed by atoms with Crippen molar-refractivity contribution in [3.8, 4) is 57.1 Å². The van der Waals surface area contributed by atoms with Gasteiger partial charge in [0.05, 0.1) is 5.39 Å². The van der Waals surface area contributed by atoms with Gasteiger partial charge in [-0.3, -0.25) is 0 Å². The van der Waals surface area contributed by atoms with E-state index in [-0.39, 0.29) is 11.3 Å². The molecule has 236 valence electrons. The Hall–Kier alpha value is -7.27. The van der Waals surface area contributed by atoms with Gasteiger partial charge in [0.25, 0.3) is 0 Å². The summed E-state index contributed by atoms with van der Waals surface area (Å²) < 4.78 is 6.34. The van der Waals surface area contributed by atoms with Crippen molar-refractivity contribution in [3.05, 3.63) is 121 Å². The fourth-order valence-corrected chi connectivity index (χ4v) is 6.58. The number of carboxylic acids is 1. The number of benzene rings is 5. The summed E-state index contributed by atoms with van der Waals surface area (Å²) in [4.78, 5) is 49.4. The van der Waals surface area contributed by atoms with E-state index in [0.717, 1.165) is 33.0 Å². The van der Waals surface area contributed by atoms with Crippen LogP contribution in [0.15, 0.2) is 115 Å². The van der Waals surface area contributed by atoms with Crippen molar-refractivity contribution < 1.29 is 14.6 Å². The lowest BCUT2D eigenvalue weighted by atomic mass is 10.1. The molecule has 0 atom stereocenters. The molecule has 5 aromatic carbocycles. The minimum absolute atomic E-state index is 0.0302. The highest BCUT2D eigenvalue weighted by Gasteiger charge is 2.24. The molecule has 0 amide bonds. The maximum absolute atomic E-state index is 12.6. The maximum atomic E-state index is 12.6. The number of aromatic carboxylic acids is 1. The van der Waals surface area contributed by atoms with E-state index in [2.05, 4.69) is 9.97 Å². The van der Waals surface area contributed by atoms with Crippen molar-refractivity contribution in [1.29, 1.82) is 0 Å². The number of H-pyrrole nitrogens is 2. The number of aromatic amines is 2. The van der Waals surface area contributed by atoms with Gasteiger partial charge in [-0.15, -0.1) is 0 Å². The monoisotopic (exact) mass is 650 g/mol. The number of nitrogens with one attached hydrogen (secondary N) is 2. The van der Waals surface area contributed by atoms with Crippen LogP contribution in [0.4, 0.5) is 0 Å². The first kappa shape index (κ1) is 27.8. The van der Waals surface area contributed by atoms with E-state index in [4.69, 9.17) is 34.6 Å². The molecular formula is C39H22N8O3. The number of hydrogen-bond donors (Lipinski definition) is 3. The van der Waals surface area contributed by atoms with Crippen molar-refractivity contribution in [2.75, 3.05) is 0 Å². The average molecular weight is 651 g/mol. The first-order valence-electron chi connectivity index (χ1n) is 15.8. The lowest BCUT2D eigenvalue weighted by Crippen LogP contribution is -2.00. The molecule has 0 radical (unpaired) electrons. The molecule has 5 heterocycles. The fourth-order valence-electron chi connectivity index (χ4n) is 6.58. The molecule has 0 spiro atoms. The van der Waals surface area contributed by atoms with Gasteiger partial charge in [0, 0.05) is 38.4 Å². The summed E-state index contributed by atoms with van der Waals surface area (Å²) in [6.07, 6.45) is 0. The second kappa shape index (κ2) is 10.6. The Labute approximate surface area is 282 Å². The second-order valence-electron chi connectivity index (χ2n) is 11.8. The number of hydrogen-bond acceptors (Lipinski definition) is 8. The summed E-state index contributed by atoms with van der Waals surface area (Å²) in [5.41, 5.74) is 5.11. The fraction of sp³-hybridized carbons (Fsp3) is 0. The van der Waals surface area contributed by atoms with E-state index in [0.29, 0.717) is 62.4 Å². The molecule has 50 heavy (non-hydrogen) atoms. The third-order valence-electron chi connectivity index (χ3n) is 8.87. The molecule has 0 fully saturated rings. The minimum atomic E-state index is -1.15. The third kappa shape index (κ3) is 4.27. The molecule has 3 N–H and O–H groups in total. The van der Waals surface area contributed by atoms with Gasteiger partial charge in [-0.25, -0.2) is 34.7 Å². The van der Waals surface area contributed by atoms with Crippen molar-refractivity contribution in [1.82, 2.24) is 39.9 Å². The number of carbonyl (C=O) groups is 1. The number of rotatable bonds is 3. The number of carboxylic acid groups (broad SMARTS) is 1. The Balaban J connectivity index is 1.40. The standard InChI is InChI=1S/C39H22N8O3/c48-39(49)28-19-18-27-29(30(28)50-20-10-2-1-3-11-20)38-46-36-26-17-9-8-16-25(26)34(44-36)42-32-22-13-5-4-12-21(22)31(40-32)41-33-23-14-6-7-15-24(23)35(43-33)45-37(27)47-38/h1-19H,(H,48,49)(H2,40,41,42,43,44,45,46,47). The molecule has 3 aromatic heterocycles. The van der Waals surface area contributed by atoms with E-state index < -0.39 is 5.97 Å². The van der Waals surface area contributed by atoms with Gasteiger partial charge in [-0.05, 0) is 24.3 Å². The minimum Gasteiger partial charge on any atom is -0.478 e. The Morgan fingerprint density at radius 2 is 0.920 bits per heavy atom. The summed E-state index contributed by atoms with van der Waals surface area (Å²) in [5.74, 6) is 1.24. The topological polar surface area (TPSA) is 155 Å². The van der Waals surface area contributed by atoms with Crippen LogP contribution in [0.5, 0.6) is 11.5 Å². The zero-order valence-electron chi connectivity index (χ0n) is 25.9. The lowest BCUT2D eigenvalue weighted by Gasteiger charge is -2.10. The van der Waals surface area contributed by atoms with Crippen LogP contribution in [0.25, 0.3) is 89.7 Å². The van der Waals surface area contributed by atoms with Gasteiger partial charge < -0.3 is 19.8 Å². The number of ether oxygens (including phenoxy) is 1. The second-order valence-corrected chi connectivity index (χ2v) is 11.8. The van der Waals surface area contributed by atoms with Crippen LogP contribution < -0.4 is 4.74 Å². The predicted molar refractivity (Wildman–Crippen MR) is 190 cm³/mol. The average Bonchev–Trinajstić information content (AvgIpc) is 3.88. The molecule has 11 nitrogen and oxygen atoms in total. The largest absolute Gasteiger partial charge is 0.478 e. The molecule has 2 aliphatic rings. The van der Waals surface area contributed by atoms with Gasteiger partial charge in [0.15, 0.2) is 29.0 Å².